The van der Waals surface area contributed by atoms with Crippen LogP contribution in [0.5, 0.6) is 5.75 Å². The van der Waals surface area contributed by atoms with Crippen LogP contribution >= 0.6 is 11.6 Å². The van der Waals surface area contributed by atoms with E-state index in [2.05, 4.69) is 38.1 Å². The van der Waals surface area contributed by atoms with Crippen molar-refractivity contribution in [2.75, 3.05) is 18.5 Å². The molecule has 1 unspecified atom stereocenters. The van der Waals surface area contributed by atoms with Crippen LogP contribution in [0.15, 0.2) is 42.5 Å². The molecule has 1 aliphatic heterocycles. The highest BCUT2D eigenvalue weighted by Crippen LogP contribution is 2.35. The summed E-state index contributed by atoms with van der Waals surface area (Å²) in [5, 5.41) is 17.8. The van der Waals surface area contributed by atoms with Crippen molar-refractivity contribution < 1.29 is 19.4 Å². The molecule has 2 heterocycles. The number of carbonyl (C=O) groups is 2. The Morgan fingerprint density at radius 1 is 1.13 bits per heavy atom. The maximum Gasteiger partial charge on any atom is 0.407 e. The van der Waals surface area contributed by atoms with Crippen molar-refractivity contribution >= 4 is 29.4 Å². The second-order valence-corrected chi connectivity index (χ2v) is 11.5. The highest BCUT2D eigenvalue weighted by atomic mass is 35.5. The van der Waals surface area contributed by atoms with E-state index in [0.717, 1.165) is 34.6 Å². The van der Waals surface area contributed by atoms with Gasteiger partial charge in [0.15, 0.2) is 5.82 Å². The SMILES string of the molecule is Cc1cc(NC(=O)c2ccc3c(c2)CCN(C(=O)O)C3CC(C)C)nn1Cc1cc(Cl)ccc1OCC(C)C. The number of carboxylic acid groups (broad SMARTS) is 1. The topological polar surface area (TPSA) is 96.7 Å². The Labute approximate surface area is 234 Å². The molecule has 208 valence electrons. The standard InChI is InChI=1S/C30H37ClN4O4/c1-18(2)12-26-25-8-6-22(14-21(25)10-11-34(26)30(37)38)29(36)32-28-13-20(5)35(33-28)16-23-15-24(31)7-9-27(23)39-17-19(3)4/h6-9,13-15,18-19,26H,10-12,16-17H2,1-5H3,(H,37,38)(H,32,33,36). The van der Waals surface area contributed by atoms with Crippen LogP contribution in [0.2, 0.25) is 5.02 Å². The number of amides is 2. The molecular weight excluding hydrogens is 516 g/mol. The number of aromatic nitrogens is 2. The summed E-state index contributed by atoms with van der Waals surface area (Å²) in [6, 6.07) is 12.7. The number of halogens is 1. The maximum atomic E-state index is 13.2. The fraction of sp³-hybridized carbons (Fsp3) is 0.433. The zero-order valence-electron chi connectivity index (χ0n) is 23.2. The number of fused-ring (bicyclic) bond motifs is 1. The average molecular weight is 553 g/mol. The van der Waals surface area contributed by atoms with Gasteiger partial charge in [0.1, 0.15) is 5.75 Å². The highest BCUT2D eigenvalue weighted by molar-refractivity contribution is 6.30. The van der Waals surface area contributed by atoms with Gasteiger partial charge in [-0.3, -0.25) is 9.48 Å². The summed E-state index contributed by atoms with van der Waals surface area (Å²) in [5.41, 5.74) is 4.31. The van der Waals surface area contributed by atoms with Crippen LogP contribution < -0.4 is 10.1 Å². The molecule has 9 heteroatoms. The number of hydrogen-bond acceptors (Lipinski definition) is 4. The molecule has 0 fully saturated rings. The summed E-state index contributed by atoms with van der Waals surface area (Å²) >= 11 is 6.26. The first-order valence-electron chi connectivity index (χ1n) is 13.4. The van der Waals surface area contributed by atoms with E-state index >= 15 is 0 Å². The quantitative estimate of drug-likeness (QED) is 0.304. The molecule has 8 nitrogen and oxygen atoms in total. The predicted molar refractivity (Wildman–Crippen MR) is 153 cm³/mol. The number of carbonyl (C=O) groups excluding carboxylic acids is 1. The fourth-order valence-corrected chi connectivity index (χ4v) is 5.13. The summed E-state index contributed by atoms with van der Waals surface area (Å²) in [5.74, 6) is 1.69. The smallest absolute Gasteiger partial charge is 0.407 e. The van der Waals surface area contributed by atoms with Crippen molar-refractivity contribution in [3.05, 3.63) is 75.4 Å². The third-order valence-corrected chi connectivity index (χ3v) is 7.08. The lowest BCUT2D eigenvalue weighted by Gasteiger charge is -2.36. The van der Waals surface area contributed by atoms with Crippen molar-refractivity contribution in [1.82, 2.24) is 14.7 Å². The van der Waals surface area contributed by atoms with E-state index in [1.54, 1.807) is 6.07 Å². The van der Waals surface area contributed by atoms with E-state index in [-0.39, 0.29) is 11.9 Å². The van der Waals surface area contributed by atoms with Gasteiger partial charge in [-0.15, -0.1) is 0 Å². The Kier molecular flexibility index (Phi) is 8.85. The van der Waals surface area contributed by atoms with Crippen LogP contribution in [0.3, 0.4) is 0 Å². The molecular formula is C30H37ClN4O4. The van der Waals surface area contributed by atoms with Gasteiger partial charge in [-0.2, -0.15) is 5.10 Å². The number of ether oxygens (including phenoxy) is 1. The molecule has 4 rings (SSSR count). The predicted octanol–water partition coefficient (Wildman–Crippen LogP) is 6.80. The molecule has 39 heavy (non-hydrogen) atoms. The van der Waals surface area contributed by atoms with Gasteiger partial charge in [0, 0.05) is 34.5 Å². The Bertz CT molecular complexity index is 1350. The molecule has 2 aromatic carbocycles. The number of benzene rings is 2. The van der Waals surface area contributed by atoms with E-state index in [1.807, 2.05) is 48.0 Å². The Balaban J connectivity index is 1.50. The Morgan fingerprint density at radius 2 is 1.90 bits per heavy atom. The molecule has 2 N–H and O–H groups in total. The lowest BCUT2D eigenvalue weighted by molar-refractivity contribution is 0.102. The van der Waals surface area contributed by atoms with E-state index in [4.69, 9.17) is 16.3 Å². The minimum Gasteiger partial charge on any atom is -0.493 e. The van der Waals surface area contributed by atoms with Gasteiger partial charge in [-0.05, 0) is 73.1 Å². The van der Waals surface area contributed by atoms with E-state index in [9.17, 15) is 14.7 Å². The molecule has 1 atom stereocenters. The lowest BCUT2D eigenvalue weighted by atomic mass is 9.87. The average Bonchev–Trinajstić information content (AvgIpc) is 3.20. The van der Waals surface area contributed by atoms with Crippen LogP contribution in [0.4, 0.5) is 10.6 Å². The molecule has 0 radical (unpaired) electrons. The minimum absolute atomic E-state index is 0.206. The number of rotatable bonds is 9. The summed E-state index contributed by atoms with van der Waals surface area (Å²) < 4.78 is 7.80. The molecule has 0 saturated heterocycles. The van der Waals surface area contributed by atoms with Crippen molar-refractivity contribution in [1.29, 1.82) is 0 Å². The second kappa shape index (κ2) is 12.1. The highest BCUT2D eigenvalue weighted by Gasteiger charge is 2.31. The van der Waals surface area contributed by atoms with Crippen molar-refractivity contribution in [2.45, 2.75) is 60.0 Å². The van der Waals surface area contributed by atoms with Crippen LogP contribution in [-0.4, -0.2) is 44.9 Å². The lowest BCUT2D eigenvalue weighted by Crippen LogP contribution is -2.39. The molecule has 0 bridgehead atoms. The van der Waals surface area contributed by atoms with Crippen LogP contribution in [-0.2, 0) is 13.0 Å². The van der Waals surface area contributed by atoms with E-state index in [1.165, 1.54) is 4.90 Å². The molecule has 0 spiro atoms. The van der Waals surface area contributed by atoms with Gasteiger partial charge < -0.3 is 20.1 Å². The van der Waals surface area contributed by atoms with Gasteiger partial charge in [0.05, 0.1) is 19.2 Å². The normalized spacial score (nSPS) is 15.0. The van der Waals surface area contributed by atoms with Gasteiger partial charge in [-0.1, -0.05) is 45.4 Å². The summed E-state index contributed by atoms with van der Waals surface area (Å²) in [4.78, 5) is 26.5. The van der Waals surface area contributed by atoms with Crippen molar-refractivity contribution in [2.24, 2.45) is 11.8 Å². The van der Waals surface area contributed by atoms with E-state index in [0.29, 0.717) is 54.4 Å². The summed E-state index contributed by atoms with van der Waals surface area (Å²) in [7, 11) is 0. The van der Waals surface area contributed by atoms with Crippen LogP contribution in [0.25, 0.3) is 0 Å². The molecule has 3 aromatic rings. The first-order chi connectivity index (χ1) is 18.5. The van der Waals surface area contributed by atoms with Gasteiger partial charge in [-0.25, -0.2) is 4.79 Å². The zero-order chi connectivity index (χ0) is 28.3. The minimum atomic E-state index is -0.907. The Hall–Kier alpha value is -3.52. The van der Waals surface area contributed by atoms with Crippen molar-refractivity contribution in [3.63, 3.8) is 0 Å². The van der Waals surface area contributed by atoms with Gasteiger partial charge in [0.25, 0.3) is 5.91 Å². The molecule has 0 aliphatic carbocycles. The first kappa shape index (κ1) is 28.5. The number of nitrogens with one attached hydrogen (secondary N) is 1. The maximum absolute atomic E-state index is 13.2. The summed E-state index contributed by atoms with van der Waals surface area (Å²) in [6.45, 7) is 11.8. The molecule has 1 aliphatic rings. The third kappa shape index (κ3) is 6.92. The largest absolute Gasteiger partial charge is 0.493 e. The molecule has 2 amide bonds. The second-order valence-electron chi connectivity index (χ2n) is 11.0. The third-order valence-electron chi connectivity index (χ3n) is 6.84. The van der Waals surface area contributed by atoms with Gasteiger partial charge in [0.2, 0.25) is 0 Å². The molecule has 0 saturated carbocycles. The Morgan fingerprint density at radius 3 is 2.59 bits per heavy atom. The number of nitrogens with zero attached hydrogens (tertiary/aromatic N) is 3. The zero-order valence-corrected chi connectivity index (χ0v) is 24.0. The van der Waals surface area contributed by atoms with Crippen molar-refractivity contribution in [3.8, 4) is 5.75 Å². The van der Waals surface area contributed by atoms with Gasteiger partial charge >= 0.3 is 6.09 Å². The van der Waals surface area contributed by atoms with E-state index < -0.39 is 6.09 Å². The fourth-order valence-electron chi connectivity index (χ4n) is 4.93. The number of hydrogen-bond donors (Lipinski definition) is 2. The first-order valence-corrected chi connectivity index (χ1v) is 13.8. The van der Waals surface area contributed by atoms with Crippen LogP contribution in [0, 0.1) is 18.8 Å². The number of aryl methyl sites for hydroxylation is 1. The monoisotopic (exact) mass is 552 g/mol. The molecule has 1 aromatic heterocycles. The summed E-state index contributed by atoms with van der Waals surface area (Å²) in [6.07, 6.45) is 0.403. The number of anilines is 1. The van der Waals surface area contributed by atoms with Crippen LogP contribution in [0.1, 0.15) is 72.9 Å².